The van der Waals surface area contributed by atoms with E-state index in [0.717, 1.165) is 0 Å². The third-order valence-electron chi connectivity index (χ3n) is 1.94. The Kier molecular flexibility index (Phi) is 13.9. The van der Waals surface area contributed by atoms with Gasteiger partial charge in [-0.15, -0.1) is 0 Å². The number of hydrogen-bond donors (Lipinski definition) is 3. The van der Waals surface area contributed by atoms with Crippen molar-refractivity contribution in [1.82, 2.24) is 10.2 Å². The largest absolute Gasteiger partial charge is 0.395 e. The summed E-state index contributed by atoms with van der Waals surface area (Å²) in [5.74, 6) is -0.432. The second-order valence-electron chi connectivity index (χ2n) is 3.00. The van der Waals surface area contributed by atoms with E-state index in [4.69, 9.17) is 10.2 Å². The predicted octanol–water partition coefficient (Wildman–Crippen LogP) is -0.648. The van der Waals surface area contributed by atoms with Gasteiger partial charge in [-0.05, 0) is 0 Å². The SMILES string of the molecule is CC.CNC(=O)CCC(=O)N(CCO)CCO. The summed E-state index contributed by atoms with van der Waals surface area (Å²) in [4.78, 5) is 23.7. The molecule has 0 aromatic carbocycles. The van der Waals surface area contributed by atoms with E-state index in [1.807, 2.05) is 13.8 Å². The normalized spacial score (nSPS) is 9.00. The molecule has 17 heavy (non-hydrogen) atoms. The summed E-state index contributed by atoms with van der Waals surface area (Å²) in [6.07, 6.45) is 0.225. The van der Waals surface area contributed by atoms with Gasteiger partial charge in [-0.25, -0.2) is 0 Å². The van der Waals surface area contributed by atoms with Crippen LogP contribution in [0.5, 0.6) is 0 Å². The van der Waals surface area contributed by atoms with Crippen molar-refractivity contribution >= 4 is 11.8 Å². The fourth-order valence-corrected chi connectivity index (χ4v) is 1.11. The number of hydrogen-bond acceptors (Lipinski definition) is 4. The van der Waals surface area contributed by atoms with Gasteiger partial charge < -0.3 is 20.4 Å². The van der Waals surface area contributed by atoms with Crippen molar-refractivity contribution in [3.63, 3.8) is 0 Å². The Morgan fingerprint density at radius 1 is 1.06 bits per heavy atom. The number of aliphatic hydroxyl groups excluding tert-OH is 2. The minimum atomic E-state index is -0.235. The van der Waals surface area contributed by atoms with Crippen LogP contribution < -0.4 is 5.32 Å². The van der Waals surface area contributed by atoms with E-state index in [1.54, 1.807) is 0 Å². The molecule has 3 N–H and O–H groups in total. The van der Waals surface area contributed by atoms with Crippen LogP contribution in [-0.4, -0.2) is 60.3 Å². The molecule has 6 heteroatoms. The van der Waals surface area contributed by atoms with Crippen molar-refractivity contribution in [2.75, 3.05) is 33.4 Å². The standard InChI is InChI=1S/C9H18N2O4.C2H6/c1-10-8(14)2-3-9(15)11(4-6-12)5-7-13;1-2/h12-13H,2-7H2,1H3,(H,10,14);1-2H3. The number of nitrogens with one attached hydrogen (secondary N) is 1. The van der Waals surface area contributed by atoms with Crippen LogP contribution in [-0.2, 0) is 9.59 Å². The fraction of sp³-hybridized carbons (Fsp3) is 0.818. The van der Waals surface area contributed by atoms with Gasteiger partial charge in [0.05, 0.1) is 13.2 Å². The van der Waals surface area contributed by atoms with Crippen LogP contribution in [0.4, 0.5) is 0 Å². The zero-order chi connectivity index (χ0) is 13.7. The van der Waals surface area contributed by atoms with Gasteiger partial charge in [-0.3, -0.25) is 9.59 Å². The Bertz CT molecular complexity index is 204. The molecule has 0 unspecified atom stereocenters. The number of carbonyl (C=O) groups is 2. The lowest BCUT2D eigenvalue weighted by Gasteiger charge is -2.20. The fourth-order valence-electron chi connectivity index (χ4n) is 1.11. The molecule has 0 radical (unpaired) electrons. The van der Waals surface area contributed by atoms with E-state index >= 15 is 0 Å². The first-order valence-electron chi connectivity index (χ1n) is 5.85. The maximum Gasteiger partial charge on any atom is 0.223 e. The summed E-state index contributed by atoms with van der Waals surface area (Å²) in [7, 11) is 1.51. The zero-order valence-electron chi connectivity index (χ0n) is 10.9. The maximum absolute atomic E-state index is 11.5. The summed E-state index contributed by atoms with van der Waals surface area (Å²) >= 11 is 0. The van der Waals surface area contributed by atoms with Gasteiger partial charge in [-0.1, -0.05) is 13.8 Å². The summed E-state index contributed by atoms with van der Waals surface area (Å²) in [5, 5.41) is 19.8. The molecule has 0 aliphatic carbocycles. The lowest BCUT2D eigenvalue weighted by molar-refractivity contribution is -0.134. The Labute approximate surface area is 103 Å². The summed E-state index contributed by atoms with van der Waals surface area (Å²) in [6.45, 7) is 4.08. The first kappa shape index (κ1) is 18.2. The second kappa shape index (κ2) is 12.9. The van der Waals surface area contributed by atoms with Gasteiger partial charge in [0, 0.05) is 33.0 Å². The summed E-state index contributed by atoms with van der Waals surface area (Å²) in [5.41, 5.74) is 0. The number of carbonyl (C=O) groups excluding carboxylic acids is 2. The predicted molar refractivity (Wildman–Crippen MR) is 65.4 cm³/mol. The van der Waals surface area contributed by atoms with E-state index in [-0.39, 0.29) is 51.0 Å². The molecule has 0 saturated carbocycles. The highest BCUT2D eigenvalue weighted by Crippen LogP contribution is 1.97. The molecule has 0 spiro atoms. The molecular weight excluding hydrogens is 224 g/mol. The van der Waals surface area contributed by atoms with Crippen molar-refractivity contribution in [1.29, 1.82) is 0 Å². The van der Waals surface area contributed by atoms with Crippen LogP contribution in [0.1, 0.15) is 26.7 Å². The van der Waals surface area contributed by atoms with Crippen molar-refractivity contribution in [2.45, 2.75) is 26.7 Å². The highest BCUT2D eigenvalue weighted by atomic mass is 16.3. The van der Waals surface area contributed by atoms with Crippen molar-refractivity contribution in [2.24, 2.45) is 0 Å². The third kappa shape index (κ3) is 9.77. The monoisotopic (exact) mass is 248 g/mol. The molecule has 0 atom stereocenters. The molecule has 0 heterocycles. The topological polar surface area (TPSA) is 89.9 Å². The van der Waals surface area contributed by atoms with E-state index in [0.29, 0.717) is 0 Å². The summed E-state index contributed by atoms with van der Waals surface area (Å²) in [6, 6.07) is 0. The third-order valence-corrected chi connectivity index (χ3v) is 1.94. The van der Waals surface area contributed by atoms with E-state index in [9.17, 15) is 9.59 Å². The lowest BCUT2D eigenvalue weighted by Crippen LogP contribution is -2.36. The number of amides is 2. The smallest absolute Gasteiger partial charge is 0.223 e. The van der Waals surface area contributed by atoms with Crippen molar-refractivity contribution in [3.8, 4) is 0 Å². The van der Waals surface area contributed by atoms with Gasteiger partial charge in [-0.2, -0.15) is 0 Å². The Balaban J connectivity index is 0. The Morgan fingerprint density at radius 2 is 1.53 bits per heavy atom. The minimum Gasteiger partial charge on any atom is -0.395 e. The number of rotatable bonds is 7. The Morgan fingerprint density at radius 3 is 1.88 bits per heavy atom. The second-order valence-corrected chi connectivity index (χ2v) is 3.00. The van der Waals surface area contributed by atoms with Crippen LogP contribution >= 0.6 is 0 Å². The molecule has 102 valence electrons. The molecule has 0 fully saturated rings. The summed E-state index contributed by atoms with van der Waals surface area (Å²) < 4.78 is 0. The molecule has 0 aliphatic heterocycles. The molecule has 0 aromatic heterocycles. The average Bonchev–Trinajstić information content (AvgIpc) is 2.37. The lowest BCUT2D eigenvalue weighted by atomic mass is 10.2. The van der Waals surface area contributed by atoms with Crippen LogP contribution in [0, 0.1) is 0 Å². The van der Waals surface area contributed by atoms with E-state index < -0.39 is 0 Å². The first-order chi connectivity index (χ1) is 8.15. The van der Waals surface area contributed by atoms with Gasteiger partial charge in [0.15, 0.2) is 0 Å². The van der Waals surface area contributed by atoms with Gasteiger partial charge in [0.25, 0.3) is 0 Å². The molecule has 0 rings (SSSR count). The number of aliphatic hydroxyl groups is 2. The van der Waals surface area contributed by atoms with Crippen LogP contribution in [0.2, 0.25) is 0 Å². The molecule has 0 aliphatic rings. The molecule has 2 amide bonds. The van der Waals surface area contributed by atoms with Crippen molar-refractivity contribution in [3.05, 3.63) is 0 Å². The van der Waals surface area contributed by atoms with E-state index in [2.05, 4.69) is 5.32 Å². The number of nitrogens with zero attached hydrogens (tertiary/aromatic N) is 1. The van der Waals surface area contributed by atoms with Crippen molar-refractivity contribution < 1.29 is 19.8 Å². The maximum atomic E-state index is 11.5. The molecule has 0 aromatic rings. The minimum absolute atomic E-state index is 0.0969. The Hall–Kier alpha value is -1.14. The van der Waals surface area contributed by atoms with Gasteiger partial charge in [0.1, 0.15) is 0 Å². The molecular formula is C11H24N2O4. The first-order valence-corrected chi connectivity index (χ1v) is 5.85. The average molecular weight is 248 g/mol. The van der Waals surface area contributed by atoms with E-state index in [1.165, 1.54) is 11.9 Å². The quantitative estimate of drug-likeness (QED) is 0.558. The van der Waals surface area contributed by atoms with Gasteiger partial charge in [0.2, 0.25) is 11.8 Å². The molecule has 0 saturated heterocycles. The van der Waals surface area contributed by atoms with Gasteiger partial charge >= 0.3 is 0 Å². The highest BCUT2D eigenvalue weighted by molar-refractivity contribution is 5.83. The highest BCUT2D eigenvalue weighted by Gasteiger charge is 2.13. The molecule has 6 nitrogen and oxygen atoms in total. The van der Waals surface area contributed by atoms with Crippen LogP contribution in [0.25, 0.3) is 0 Å². The molecule has 0 bridgehead atoms. The zero-order valence-corrected chi connectivity index (χ0v) is 10.9. The van der Waals surface area contributed by atoms with Crippen LogP contribution in [0.15, 0.2) is 0 Å². The van der Waals surface area contributed by atoms with Crippen LogP contribution in [0.3, 0.4) is 0 Å².